The molecule has 0 amide bonds. The first-order valence-corrected chi connectivity index (χ1v) is 13.0. The van der Waals surface area contributed by atoms with Crippen LogP contribution >= 0.6 is 9.69 Å². The summed E-state index contributed by atoms with van der Waals surface area (Å²) in [5.74, 6) is 0. The van der Waals surface area contributed by atoms with E-state index in [1.807, 2.05) is 0 Å². The maximum atomic E-state index is 4.76. The van der Waals surface area contributed by atoms with E-state index in [1.165, 1.54) is 21.9 Å². The molecule has 0 bridgehead atoms. The summed E-state index contributed by atoms with van der Waals surface area (Å²) < 4.78 is 0. The Labute approximate surface area is 175 Å². The van der Waals surface area contributed by atoms with Gasteiger partial charge in [-0.15, -0.1) is 0 Å². The maximum absolute atomic E-state index is 4.76. The van der Waals surface area contributed by atoms with Gasteiger partial charge in [-0.3, -0.25) is 0 Å². The summed E-state index contributed by atoms with van der Waals surface area (Å²) >= 11 is 0.847. The normalized spacial score (nSPS) is 10.6. The van der Waals surface area contributed by atoms with Gasteiger partial charge in [0.25, 0.3) is 0 Å². The van der Waals surface area contributed by atoms with Crippen LogP contribution in [-0.2, 0) is 17.3 Å². The van der Waals surface area contributed by atoms with Crippen LogP contribution in [0.3, 0.4) is 0 Å². The van der Waals surface area contributed by atoms with E-state index in [4.69, 9.17) is 9.69 Å². The van der Waals surface area contributed by atoms with Crippen molar-refractivity contribution in [1.82, 2.24) is 0 Å². The molecule has 4 rings (SSSR count). The van der Waals surface area contributed by atoms with Gasteiger partial charge in [-0.1, -0.05) is 121 Å². The predicted octanol–water partition coefficient (Wildman–Crippen LogP) is 3.75. The first-order chi connectivity index (χ1) is 13.4. The zero-order chi connectivity index (χ0) is 19.0. The topological polar surface area (TPSA) is 0 Å². The first-order valence-electron chi connectivity index (χ1n) is 9.06. The molecule has 0 nitrogen and oxygen atoms in total. The van der Waals surface area contributed by atoms with E-state index >= 15 is 0 Å². The van der Waals surface area contributed by atoms with Crippen molar-refractivity contribution in [2.75, 3.05) is 0 Å². The van der Waals surface area contributed by atoms with Crippen LogP contribution in [-0.4, -0.2) is 6.15 Å². The summed E-state index contributed by atoms with van der Waals surface area (Å²) in [4.78, 5) is 0. The number of hydrogen-bond acceptors (Lipinski definition) is 0. The van der Waals surface area contributed by atoms with E-state index in [1.54, 1.807) is 0 Å². The average molecular weight is 420 g/mol. The fourth-order valence-electron chi connectivity index (χ4n) is 4.12. The van der Waals surface area contributed by atoms with Gasteiger partial charge in [0.05, 0.1) is 0 Å². The molecule has 3 heteroatoms. The zero-order valence-corrected chi connectivity index (χ0v) is 18.9. The SMILES string of the molecule is [Cl][Zn+].c1ccc([B-](c2ccccc2)(c2ccccc2)c2ccccc2)cc1. The Balaban J connectivity index is 0.00000102. The van der Waals surface area contributed by atoms with E-state index in [0.717, 1.165) is 17.3 Å². The smallest absolute Gasteiger partial charge is 0.108 e. The first kappa shape index (κ1) is 19.6. The summed E-state index contributed by atoms with van der Waals surface area (Å²) in [6.07, 6.45) is -1.22. The molecule has 0 aliphatic carbocycles. The number of benzene rings is 4. The van der Waals surface area contributed by atoms with Gasteiger partial charge in [0.2, 0.25) is 0 Å². The van der Waals surface area contributed by atoms with Crippen LogP contribution in [0.4, 0.5) is 0 Å². The Morgan fingerprint density at radius 2 is 0.556 bits per heavy atom. The van der Waals surface area contributed by atoms with Crippen molar-refractivity contribution in [2.24, 2.45) is 0 Å². The van der Waals surface area contributed by atoms with Crippen molar-refractivity contribution >= 4 is 37.7 Å². The van der Waals surface area contributed by atoms with Crippen molar-refractivity contribution in [3.63, 3.8) is 0 Å². The predicted molar refractivity (Wildman–Crippen MR) is 116 cm³/mol. The largest absolute Gasteiger partial charge is 0.195 e. The molecule has 0 aliphatic rings. The second-order valence-corrected chi connectivity index (χ2v) is 6.51. The van der Waals surface area contributed by atoms with Crippen molar-refractivity contribution in [2.45, 2.75) is 0 Å². The van der Waals surface area contributed by atoms with Crippen molar-refractivity contribution < 1.29 is 17.3 Å². The minimum absolute atomic E-state index is 0.847. The van der Waals surface area contributed by atoms with Crippen molar-refractivity contribution in [3.05, 3.63) is 121 Å². The van der Waals surface area contributed by atoms with Crippen LogP contribution in [0.5, 0.6) is 0 Å². The summed E-state index contributed by atoms with van der Waals surface area (Å²) in [7, 11) is 4.76. The Bertz CT molecular complexity index is 765. The molecule has 0 spiro atoms. The van der Waals surface area contributed by atoms with Crippen LogP contribution in [0.25, 0.3) is 0 Å². The van der Waals surface area contributed by atoms with Gasteiger partial charge in [0, 0.05) is 0 Å². The van der Waals surface area contributed by atoms with Crippen molar-refractivity contribution in [1.29, 1.82) is 0 Å². The molecular formula is C24H20BClZn. The molecule has 4 aromatic carbocycles. The Kier molecular flexibility index (Phi) is 7.04. The fourth-order valence-corrected chi connectivity index (χ4v) is 4.12. The Hall–Kier alpha value is -2.14. The summed E-state index contributed by atoms with van der Waals surface area (Å²) in [6.45, 7) is 0. The van der Waals surface area contributed by atoms with E-state index < -0.39 is 6.15 Å². The Morgan fingerprint density at radius 3 is 0.741 bits per heavy atom. The van der Waals surface area contributed by atoms with E-state index in [-0.39, 0.29) is 0 Å². The van der Waals surface area contributed by atoms with Gasteiger partial charge in [0.15, 0.2) is 0 Å². The fraction of sp³-hybridized carbons (Fsp3) is 0. The molecule has 0 unspecified atom stereocenters. The van der Waals surface area contributed by atoms with Gasteiger partial charge in [0.1, 0.15) is 6.15 Å². The number of hydrogen-bond donors (Lipinski definition) is 0. The van der Waals surface area contributed by atoms with Gasteiger partial charge >= 0.3 is 27.0 Å². The molecule has 0 heterocycles. The van der Waals surface area contributed by atoms with Crippen LogP contribution in [0.2, 0.25) is 0 Å². The number of rotatable bonds is 4. The maximum Gasteiger partial charge on any atom is 0.108 e. The molecular weight excluding hydrogens is 400 g/mol. The van der Waals surface area contributed by atoms with Gasteiger partial charge in [-0.25, -0.2) is 0 Å². The quantitative estimate of drug-likeness (QED) is 0.442. The van der Waals surface area contributed by atoms with Crippen LogP contribution < -0.4 is 21.9 Å². The van der Waals surface area contributed by atoms with Crippen molar-refractivity contribution in [3.8, 4) is 0 Å². The van der Waals surface area contributed by atoms with Gasteiger partial charge in [-0.2, -0.15) is 21.9 Å². The van der Waals surface area contributed by atoms with E-state index in [0.29, 0.717) is 0 Å². The second-order valence-electron chi connectivity index (χ2n) is 6.51. The number of halogens is 1. The van der Waals surface area contributed by atoms with E-state index in [2.05, 4.69) is 121 Å². The summed E-state index contributed by atoms with van der Waals surface area (Å²) in [6, 6.07) is 43.5. The van der Waals surface area contributed by atoms with Crippen LogP contribution in [0, 0.1) is 0 Å². The molecule has 0 saturated heterocycles. The molecule has 27 heavy (non-hydrogen) atoms. The molecule has 0 radical (unpaired) electrons. The molecule has 0 atom stereocenters. The molecule has 0 aromatic heterocycles. The molecule has 0 fully saturated rings. The average Bonchev–Trinajstić information content (AvgIpc) is 2.79. The summed E-state index contributed by atoms with van der Waals surface area (Å²) in [5.41, 5.74) is 5.36. The zero-order valence-electron chi connectivity index (χ0n) is 15.2. The third-order valence-electron chi connectivity index (χ3n) is 5.20. The van der Waals surface area contributed by atoms with Gasteiger partial charge in [-0.05, 0) is 0 Å². The summed E-state index contributed by atoms with van der Waals surface area (Å²) in [5, 5.41) is 0. The molecule has 0 N–H and O–H groups in total. The second kappa shape index (κ2) is 9.70. The Morgan fingerprint density at radius 1 is 0.370 bits per heavy atom. The minimum Gasteiger partial charge on any atom is -0.195 e. The van der Waals surface area contributed by atoms with Crippen LogP contribution in [0.15, 0.2) is 121 Å². The third-order valence-corrected chi connectivity index (χ3v) is 5.20. The molecule has 128 valence electrons. The minimum atomic E-state index is -1.22. The van der Waals surface area contributed by atoms with E-state index in [9.17, 15) is 0 Å². The third kappa shape index (κ3) is 3.93. The standard InChI is InChI=1S/C24H20B.ClH.Zn/c1-5-13-21(14-6-1)25(22-15-7-2-8-16-22,23-17-9-3-10-18-23)24-19-11-4-12-20-24;;/h1-20H;1H;/q-1;;+2/p-1. The molecule has 0 aliphatic heterocycles. The monoisotopic (exact) mass is 418 g/mol. The molecule has 0 saturated carbocycles. The molecule has 4 aromatic rings. The van der Waals surface area contributed by atoms with Gasteiger partial charge < -0.3 is 0 Å². The van der Waals surface area contributed by atoms with Crippen LogP contribution in [0.1, 0.15) is 0 Å².